The molecular weight excluding hydrogens is 741 g/mol. The maximum Gasteiger partial charge on any atom is 0.333 e. The Morgan fingerprint density at radius 3 is 2.62 bits per heavy atom. The average molecular weight is 785 g/mol. The number of hydrogen-bond acceptors (Lipinski definition) is 14. The first-order chi connectivity index (χ1) is 27.0. The number of aromatic nitrogens is 1. The highest BCUT2D eigenvalue weighted by Crippen LogP contribution is 2.64. The zero-order chi connectivity index (χ0) is 38.9. The van der Waals surface area contributed by atoms with Crippen LogP contribution in [0.1, 0.15) is 68.9 Å². The molecule has 0 aliphatic carbocycles. The maximum absolute atomic E-state index is 14.9. The highest BCUT2D eigenvalue weighted by Gasteiger charge is 2.61. The summed E-state index contributed by atoms with van der Waals surface area (Å²) < 4.78 is 36.2. The molecule has 8 heterocycles. The molecule has 1 aromatic heterocycles. The first kappa shape index (κ1) is 35.7. The molecule has 2 fully saturated rings. The summed E-state index contributed by atoms with van der Waals surface area (Å²) in [6.45, 7) is 5.46. The highest BCUT2D eigenvalue weighted by atomic mass is 32.2. The fourth-order valence-corrected chi connectivity index (χ4v) is 12.2. The first-order valence-electron chi connectivity index (χ1n) is 18.9. The largest absolute Gasteiger partial charge is 0.504 e. The number of H-pyrrole nitrogens is 1. The Hall–Kier alpha value is -4.67. The zero-order valence-electron chi connectivity index (χ0n) is 32.0. The third-order valence-electron chi connectivity index (χ3n) is 12.9. The van der Waals surface area contributed by atoms with E-state index in [2.05, 4.69) is 15.2 Å². The van der Waals surface area contributed by atoms with E-state index in [1.165, 1.54) is 18.7 Å². The molecule has 56 heavy (non-hydrogen) atoms. The smallest absolute Gasteiger partial charge is 0.333 e. The van der Waals surface area contributed by atoms with Gasteiger partial charge in [0.05, 0.1) is 43.3 Å². The number of aliphatic hydroxyl groups is 1. The van der Waals surface area contributed by atoms with Crippen molar-refractivity contribution in [2.75, 3.05) is 47.0 Å². The van der Waals surface area contributed by atoms with Crippen molar-refractivity contribution >= 4 is 34.6 Å². The molecule has 3 aromatic carbocycles. The van der Waals surface area contributed by atoms with Crippen molar-refractivity contribution in [2.24, 2.45) is 0 Å². The van der Waals surface area contributed by atoms with Gasteiger partial charge in [0.1, 0.15) is 24.3 Å². The normalized spacial score (nSPS) is 28.9. The Morgan fingerprint density at radius 2 is 1.86 bits per heavy atom. The summed E-state index contributed by atoms with van der Waals surface area (Å²) in [6, 6.07) is 5.77. The number of thioether (sulfide) groups is 1. The number of rotatable bonds is 3. The van der Waals surface area contributed by atoms with E-state index in [1.807, 2.05) is 50.1 Å². The van der Waals surface area contributed by atoms with E-state index in [4.69, 9.17) is 28.4 Å². The Labute approximate surface area is 327 Å². The first-order valence-corrected chi connectivity index (χ1v) is 20.0. The van der Waals surface area contributed by atoms with Gasteiger partial charge in [0.2, 0.25) is 6.79 Å². The molecule has 7 atom stereocenters. The average Bonchev–Trinajstić information content (AvgIpc) is 3.82. The number of phenolic OH excluding ortho intramolecular Hbond substituents is 1. The van der Waals surface area contributed by atoms with Crippen molar-refractivity contribution in [1.29, 1.82) is 0 Å². The van der Waals surface area contributed by atoms with Gasteiger partial charge in [-0.05, 0) is 68.6 Å². The molecular formula is C41H44N4O10S. The lowest BCUT2D eigenvalue weighted by molar-refractivity contribution is -0.186. The van der Waals surface area contributed by atoms with Crippen molar-refractivity contribution in [2.45, 2.75) is 74.8 Å². The molecule has 0 amide bonds. The van der Waals surface area contributed by atoms with Crippen molar-refractivity contribution in [3.8, 4) is 34.5 Å². The van der Waals surface area contributed by atoms with Gasteiger partial charge in [-0.2, -0.15) is 0 Å². The molecule has 294 valence electrons. The number of aromatic amines is 1. The summed E-state index contributed by atoms with van der Waals surface area (Å²) in [5.41, 5.74) is 5.79. The predicted molar refractivity (Wildman–Crippen MR) is 205 cm³/mol. The molecule has 4 N–H and O–H groups in total. The molecule has 4 aromatic rings. The second-order valence-electron chi connectivity index (χ2n) is 15.6. The number of carbonyl (C=O) groups excluding carboxylic acids is 2. The van der Waals surface area contributed by atoms with E-state index < -0.39 is 47.1 Å². The number of benzene rings is 3. The van der Waals surface area contributed by atoms with E-state index in [9.17, 15) is 19.8 Å². The van der Waals surface area contributed by atoms with Crippen LogP contribution in [0.5, 0.6) is 34.5 Å². The minimum absolute atomic E-state index is 0.0439. The van der Waals surface area contributed by atoms with Gasteiger partial charge >= 0.3 is 11.9 Å². The topological polar surface area (TPSA) is 164 Å². The predicted octanol–water partition coefficient (Wildman–Crippen LogP) is 4.19. The molecule has 2 saturated heterocycles. The number of esters is 2. The Bertz CT molecular complexity index is 2360. The standard InChI is InChI=1S/C41H44N4O10S/c1-17-11-20-12-25-39(48)45-26-14-52-40(49)41(38-22(9-10-42-41)23-13-21(50-5)7-8-24(23)43-38)15-56-37(31(45)30(44(25)4)27(20)32(47)33(17)51-6)29-28(26)36-35(53-16-54-36)18(2)34(29)55-19(3)46/h7-8,11,13,25-26,30-31,37,39,42-43,47-48H,9-10,12,14-16H2,1-6H3/t25?,26-,30?,31+,37?,39-,41+/m0/s1. The number of aliphatic hydroxyl groups excluding tert-OH is 1. The summed E-state index contributed by atoms with van der Waals surface area (Å²) >= 11 is 1.53. The van der Waals surface area contributed by atoms with E-state index in [1.54, 1.807) is 14.2 Å². The minimum atomic E-state index is -1.28. The van der Waals surface area contributed by atoms with Crippen LogP contribution in [-0.2, 0) is 32.7 Å². The lowest BCUT2D eigenvalue weighted by Crippen LogP contribution is -2.70. The molecule has 14 nitrogen and oxygen atoms in total. The number of ether oxygens (including phenoxy) is 6. The molecule has 0 saturated carbocycles. The number of carbonyl (C=O) groups is 2. The number of fused-ring (bicyclic) bond motifs is 11. The van der Waals surface area contributed by atoms with E-state index >= 15 is 0 Å². The third kappa shape index (κ3) is 4.71. The van der Waals surface area contributed by atoms with E-state index in [0.717, 1.165) is 44.6 Å². The van der Waals surface area contributed by atoms with Crippen LogP contribution in [-0.4, -0.2) is 102 Å². The SMILES string of the molecule is COc1ccc2[nH]c3c(c2c1)CCN[C@]31CSC2c3c(OC(C)=O)c(C)c4c(c3[C@H](COC1=O)N1[C@@H]2C2c3c(cc(C)c(OC)c3O)CC([C@@H]1O)N2C)OCO4. The highest BCUT2D eigenvalue weighted by molar-refractivity contribution is 7.99. The number of nitrogens with one attached hydrogen (secondary N) is 2. The minimum Gasteiger partial charge on any atom is -0.504 e. The zero-order valence-corrected chi connectivity index (χ0v) is 32.8. The lowest BCUT2D eigenvalue weighted by atomic mass is 9.73. The van der Waals surface area contributed by atoms with Crippen LogP contribution in [0.25, 0.3) is 10.9 Å². The van der Waals surface area contributed by atoms with Gasteiger partial charge in [0, 0.05) is 58.4 Å². The van der Waals surface area contributed by atoms with E-state index in [-0.39, 0.29) is 30.9 Å². The summed E-state index contributed by atoms with van der Waals surface area (Å²) in [5.74, 6) is 1.73. The number of methoxy groups -OCH3 is 2. The van der Waals surface area contributed by atoms with Gasteiger partial charge in [-0.25, -0.2) is 4.79 Å². The number of piperazine rings is 1. The number of likely N-dealkylation sites (N-methyl/N-ethyl adjacent to an activating group) is 1. The van der Waals surface area contributed by atoms with E-state index in [0.29, 0.717) is 59.1 Å². The van der Waals surface area contributed by atoms with Crippen molar-refractivity contribution < 1.29 is 48.2 Å². The summed E-state index contributed by atoms with van der Waals surface area (Å²) in [4.78, 5) is 35.6. The summed E-state index contributed by atoms with van der Waals surface area (Å²) in [6.07, 6.45) is 0.129. The molecule has 1 spiro atoms. The number of aromatic hydroxyl groups is 1. The van der Waals surface area contributed by atoms with Crippen molar-refractivity contribution in [3.05, 3.63) is 68.9 Å². The van der Waals surface area contributed by atoms with Gasteiger partial charge in [-0.1, -0.05) is 6.07 Å². The molecule has 11 rings (SSSR count). The second-order valence-corrected chi connectivity index (χ2v) is 16.8. The second kappa shape index (κ2) is 12.7. The van der Waals surface area contributed by atoms with Gasteiger partial charge < -0.3 is 43.6 Å². The molecule has 7 aliphatic heterocycles. The number of aryl methyl sites for hydroxylation is 1. The summed E-state index contributed by atoms with van der Waals surface area (Å²) in [5, 5.41) is 28.7. The number of nitrogens with zero attached hydrogens (tertiary/aromatic N) is 2. The Kier molecular flexibility index (Phi) is 8.08. The van der Waals surface area contributed by atoms with Crippen LogP contribution >= 0.6 is 11.8 Å². The van der Waals surface area contributed by atoms with Gasteiger partial charge in [-0.15, -0.1) is 11.8 Å². The fraction of sp³-hybridized carbons (Fsp3) is 0.463. The lowest BCUT2D eigenvalue weighted by Gasteiger charge is -2.62. The fourth-order valence-electron chi connectivity index (χ4n) is 10.6. The van der Waals surface area contributed by atoms with Gasteiger partial charge in [-0.3, -0.25) is 19.9 Å². The van der Waals surface area contributed by atoms with Gasteiger partial charge in [0.15, 0.2) is 28.5 Å². The Morgan fingerprint density at radius 1 is 1.05 bits per heavy atom. The van der Waals surface area contributed by atoms with Crippen molar-refractivity contribution in [3.63, 3.8) is 0 Å². The maximum atomic E-state index is 14.9. The Balaban J connectivity index is 1.23. The molecule has 3 unspecified atom stereocenters. The van der Waals surface area contributed by atoms with Crippen LogP contribution in [0.3, 0.4) is 0 Å². The summed E-state index contributed by atoms with van der Waals surface area (Å²) in [7, 11) is 5.17. The molecule has 0 radical (unpaired) electrons. The van der Waals surface area contributed by atoms with Crippen LogP contribution in [0.15, 0.2) is 24.3 Å². The quantitative estimate of drug-likeness (QED) is 0.173. The van der Waals surface area contributed by atoms with Crippen LogP contribution in [0, 0.1) is 13.8 Å². The third-order valence-corrected chi connectivity index (χ3v) is 14.4. The molecule has 15 heteroatoms. The van der Waals surface area contributed by atoms with Crippen LogP contribution in [0.4, 0.5) is 0 Å². The van der Waals surface area contributed by atoms with Gasteiger partial charge in [0.25, 0.3) is 0 Å². The van der Waals surface area contributed by atoms with Crippen LogP contribution < -0.4 is 29.0 Å². The van der Waals surface area contributed by atoms with Crippen LogP contribution in [0.2, 0.25) is 0 Å². The number of hydrogen-bond donors (Lipinski definition) is 4. The van der Waals surface area contributed by atoms with Crippen molar-refractivity contribution in [1.82, 2.24) is 20.1 Å². The molecule has 4 bridgehead atoms. The molecule has 7 aliphatic rings. The monoisotopic (exact) mass is 784 g/mol. The number of phenols is 1.